The summed E-state index contributed by atoms with van der Waals surface area (Å²) in [5.74, 6) is 0.136. The lowest BCUT2D eigenvalue weighted by Gasteiger charge is -2.36. The zero-order valence-electron chi connectivity index (χ0n) is 18.5. The van der Waals surface area contributed by atoms with E-state index < -0.39 is 0 Å². The Bertz CT molecular complexity index is 1180. The minimum absolute atomic E-state index is 0.00789. The van der Waals surface area contributed by atoms with Gasteiger partial charge in [0.25, 0.3) is 5.91 Å². The van der Waals surface area contributed by atoms with E-state index in [-0.39, 0.29) is 11.8 Å². The van der Waals surface area contributed by atoms with Crippen LogP contribution in [0.3, 0.4) is 0 Å². The molecule has 1 aromatic carbocycles. The van der Waals surface area contributed by atoms with Crippen LogP contribution in [0.1, 0.15) is 15.4 Å². The molecule has 8 nitrogen and oxygen atoms in total. The molecule has 2 aliphatic rings. The molecule has 0 unspecified atom stereocenters. The number of halogens is 1. The Morgan fingerprint density at radius 2 is 1.79 bits per heavy atom. The molecule has 174 valence electrons. The fraction of sp³-hybridized carbons (Fsp3) is 0.435. The first-order valence-corrected chi connectivity index (χ1v) is 12.3. The third-order valence-corrected chi connectivity index (χ3v) is 7.52. The van der Waals surface area contributed by atoms with Crippen molar-refractivity contribution in [1.82, 2.24) is 24.5 Å². The van der Waals surface area contributed by atoms with Crippen LogP contribution in [-0.4, -0.2) is 95.3 Å². The Balaban J connectivity index is 1.26. The highest BCUT2D eigenvalue weighted by Gasteiger charge is 2.28. The first-order valence-electron chi connectivity index (χ1n) is 11.1. The van der Waals surface area contributed by atoms with E-state index >= 15 is 0 Å². The van der Waals surface area contributed by atoms with Gasteiger partial charge in [0.15, 0.2) is 0 Å². The van der Waals surface area contributed by atoms with Gasteiger partial charge >= 0.3 is 0 Å². The molecule has 0 radical (unpaired) electrons. The molecule has 5 rings (SSSR count). The average Bonchev–Trinajstić information content (AvgIpc) is 3.40. The summed E-state index contributed by atoms with van der Waals surface area (Å²) in [5, 5.41) is 6.25. The molecular formula is C23H26ClN5O3S. The van der Waals surface area contributed by atoms with Gasteiger partial charge in [-0.05, 0) is 31.2 Å². The Kier molecular flexibility index (Phi) is 6.38. The number of nitrogens with zero attached hydrogens (tertiary/aromatic N) is 5. The molecule has 2 aromatic heterocycles. The van der Waals surface area contributed by atoms with Gasteiger partial charge in [0.1, 0.15) is 4.83 Å². The lowest BCUT2D eigenvalue weighted by atomic mass is 10.2. The molecule has 0 aliphatic carbocycles. The normalized spacial score (nSPS) is 17.6. The van der Waals surface area contributed by atoms with Crippen LogP contribution < -0.4 is 0 Å². The Hall–Kier alpha value is -2.46. The monoisotopic (exact) mass is 487 g/mol. The summed E-state index contributed by atoms with van der Waals surface area (Å²) in [6.45, 7) is 7.53. The van der Waals surface area contributed by atoms with Crippen molar-refractivity contribution in [1.29, 1.82) is 0 Å². The van der Waals surface area contributed by atoms with Crippen molar-refractivity contribution in [2.75, 3.05) is 59.0 Å². The first kappa shape index (κ1) is 22.3. The number of benzene rings is 1. The summed E-state index contributed by atoms with van der Waals surface area (Å²) in [6, 6.07) is 9.46. The van der Waals surface area contributed by atoms with E-state index in [9.17, 15) is 9.59 Å². The summed E-state index contributed by atoms with van der Waals surface area (Å²) in [7, 11) is 0. The SMILES string of the molecule is Cc1nn(-c2cccc(Cl)c2)c2sc(C(=O)N3CCN(C(=O)CN4CCOCC4)CC3)cc12. The van der Waals surface area contributed by atoms with Crippen molar-refractivity contribution >= 4 is 45.0 Å². The van der Waals surface area contributed by atoms with Crippen LogP contribution in [0.4, 0.5) is 0 Å². The molecule has 2 amide bonds. The van der Waals surface area contributed by atoms with Gasteiger partial charge in [-0.3, -0.25) is 14.5 Å². The van der Waals surface area contributed by atoms with Gasteiger partial charge in [-0.1, -0.05) is 17.7 Å². The van der Waals surface area contributed by atoms with Gasteiger partial charge in [0.05, 0.1) is 36.0 Å². The predicted octanol–water partition coefficient (Wildman–Crippen LogP) is 2.67. The molecule has 0 N–H and O–H groups in total. The maximum absolute atomic E-state index is 13.2. The molecule has 0 saturated carbocycles. The second-order valence-corrected chi connectivity index (χ2v) is 9.84. The van der Waals surface area contributed by atoms with Crippen molar-refractivity contribution in [3.63, 3.8) is 0 Å². The third-order valence-electron chi connectivity index (χ3n) is 6.19. The summed E-state index contributed by atoms with van der Waals surface area (Å²) in [6.07, 6.45) is 0. The number of fused-ring (bicyclic) bond motifs is 1. The van der Waals surface area contributed by atoms with E-state index in [0.717, 1.165) is 34.7 Å². The smallest absolute Gasteiger partial charge is 0.264 e. The highest BCUT2D eigenvalue weighted by Crippen LogP contribution is 2.31. The maximum Gasteiger partial charge on any atom is 0.264 e. The van der Waals surface area contributed by atoms with Crippen LogP contribution in [0.15, 0.2) is 30.3 Å². The number of carbonyl (C=O) groups excluding carboxylic acids is 2. The topological polar surface area (TPSA) is 70.9 Å². The zero-order chi connectivity index (χ0) is 22.9. The van der Waals surface area contributed by atoms with Gasteiger partial charge in [-0.25, -0.2) is 4.68 Å². The van der Waals surface area contributed by atoms with Crippen LogP contribution in [-0.2, 0) is 9.53 Å². The number of piperazine rings is 1. The summed E-state index contributed by atoms with van der Waals surface area (Å²) >= 11 is 7.61. The van der Waals surface area contributed by atoms with Gasteiger partial charge in [-0.15, -0.1) is 11.3 Å². The molecule has 33 heavy (non-hydrogen) atoms. The second-order valence-electron chi connectivity index (χ2n) is 8.37. The number of aryl methyl sites for hydroxylation is 1. The Morgan fingerprint density at radius 1 is 1.06 bits per heavy atom. The minimum atomic E-state index is 0.00789. The molecule has 2 saturated heterocycles. The maximum atomic E-state index is 13.2. The van der Waals surface area contributed by atoms with Crippen LogP contribution in [0, 0.1) is 6.92 Å². The van der Waals surface area contributed by atoms with Crippen LogP contribution in [0.2, 0.25) is 5.02 Å². The number of morpholine rings is 1. The summed E-state index contributed by atoms with van der Waals surface area (Å²) in [4.78, 5) is 33.3. The van der Waals surface area contributed by atoms with Gasteiger partial charge in [0.2, 0.25) is 5.91 Å². The standard InChI is InChI=1S/C23H26ClN5O3S/c1-16-19-14-20(33-23(19)29(25-16)18-4-2-3-17(24)13-18)22(31)28-7-5-27(6-8-28)21(30)15-26-9-11-32-12-10-26/h2-4,13-14H,5-12,15H2,1H3. The van der Waals surface area contributed by atoms with Gasteiger partial charge < -0.3 is 14.5 Å². The largest absolute Gasteiger partial charge is 0.379 e. The molecule has 3 aromatic rings. The third kappa shape index (κ3) is 4.63. The van der Waals surface area contributed by atoms with E-state index in [4.69, 9.17) is 16.3 Å². The van der Waals surface area contributed by atoms with Crippen LogP contribution in [0.5, 0.6) is 0 Å². The summed E-state index contributed by atoms with van der Waals surface area (Å²) < 4.78 is 7.20. The van der Waals surface area contributed by atoms with E-state index in [1.807, 2.05) is 51.7 Å². The highest BCUT2D eigenvalue weighted by atomic mass is 35.5. The number of hydrogen-bond acceptors (Lipinski definition) is 6. The Morgan fingerprint density at radius 3 is 2.52 bits per heavy atom. The van der Waals surface area contributed by atoms with Gasteiger partial charge in [0, 0.05) is 49.7 Å². The number of ether oxygens (including phenoxy) is 1. The predicted molar refractivity (Wildman–Crippen MR) is 128 cm³/mol. The molecule has 10 heteroatoms. The zero-order valence-corrected chi connectivity index (χ0v) is 20.1. The lowest BCUT2D eigenvalue weighted by molar-refractivity contribution is -0.134. The molecule has 2 fully saturated rings. The van der Waals surface area contributed by atoms with E-state index in [1.165, 1.54) is 11.3 Å². The van der Waals surface area contributed by atoms with E-state index in [0.29, 0.717) is 55.8 Å². The fourth-order valence-electron chi connectivity index (χ4n) is 4.30. The number of thiophene rings is 1. The molecule has 0 atom stereocenters. The average molecular weight is 488 g/mol. The number of carbonyl (C=O) groups is 2. The minimum Gasteiger partial charge on any atom is -0.379 e. The van der Waals surface area contributed by atoms with Crippen molar-refractivity contribution < 1.29 is 14.3 Å². The molecule has 2 aliphatic heterocycles. The number of aromatic nitrogens is 2. The summed E-state index contributed by atoms with van der Waals surface area (Å²) in [5.41, 5.74) is 1.74. The second kappa shape index (κ2) is 9.42. The van der Waals surface area contributed by atoms with Crippen molar-refractivity contribution in [3.05, 3.63) is 45.9 Å². The van der Waals surface area contributed by atoms with Crippen molar-refractivity contribution in [3.8, 4) is 5.69 Å². The van der Waals surface area contributed by atoms with Crippen molar-refractivity contribution in [2.45, 2.75) is 6.92 Å². The molecule has 0 spiro atoms. The number of hydrogen-bond donors (Lipinski definition) is 0. The Labute approximate surface area is 201 Å². The van der Waals surface area contributed by atoms with Gasteiger partial charge in [-0.2, -0.15) is 5.10 Å². The lowest BCUT2D eigenvalue weighted by Crippen LogP contribution is -2.53. The first-order chi connectivity index (χ1) is 16.0. The highest BCUT2D eigenvalue weighted by molar-refractivity contribution is 7.20. The quantitative estimate of drug-likeness (QED) is 0.566. The van der Waals surface area contributed by atoms with Crippen LogP contribution >= 0.6 is 22.9 Å². The molecular weight excluding hydrogens is 462 g/mol. The van der Waals surface area contributed by atoms with Crippen LogP contribution in [0.25, 0.3) is 15.9 Å². The van der Waals surface area contributed by atoms with E-state index in [2.05, 4.69) is 10.00 Å². The number of rotatable bonds is 4. The fourth-order valence-corrected chi connectivity index (χ4v) is 5.64. The molecule has 4 heterocycles. The van der Waals surface area contributed by atoms with E-state index in [1.54, 1.807) is 0 Å². The number of amides is 2. The molecule has 0 bridgehead atoms. The van der Waals surface area contributed by atoms with Crippen molar-refractivity contribution in [2.24, 2.45) is 0 Å².